The van der Waals surface area contributed by atoms with Crippen molar-refractivity contribution in [2.24, 2.45) is 0 Å². The third-order valence-corrected chi connectivity index (χ3v) is 3.49. The molecule has 0 aromatic heterocycles. The molecule has 2 nitrogen and oxygen atoms in total. The highest BCUT2D eigenvalue weighted by molar-refractivity contribution is 5.22. The van der Waals surface area contributed by atoms with E-state index in [4.69, 9.17) is 4.74 Å². The first-order valence-corrected chi connectivity index (χ1v) is 6.17. The van der Waals surface area contributed by atoms with E-state index in [1.165, 1.54) is 12.0 Å². The van der Waals surface area contributed by atoms with Crippen LogP contribution in [0, 0.1) is 0 Å². The van der Waals surface area contributed by atoms with E-state index >= 15 is 0 Å². The Morgan fingerprint density at radius 1 is 1.38 bits per heavy atom. The van der Waals surface area contributed by atoms with Crippen LogP contribution in [0.4, 0.5) is 0 Å². The molecule has 2 atom stereocenters. The summed E-state index contributed by atoms with van der Waals surface area (Å²) in [5.41, 5.74) is 1.09. The van der Waals surface area contributed by atoms with Crippen LogP contribution < -0.4 is 5.32 Å². The van der Waals surface area contributed by atoms with Crippen molar-refractivity contribution in [3.63, 3.8) is 0 Å². The predicted octanol–water partition coefficient (Wildman–Crippen LogP) is 2.69. The molecule has 1 fully saturated rings. The van der Waals surface area contributed by atoms with Gasteiger partial charge in [-0.1, -0.05) is 37.3 Å². The van der Waals surface area contributed by atoms with Crippen LogP contribution in [0.3, 0.4) is 0 Å². The molecule has 0 saturated carbocycles. The van der Waals surface area contributed by atoms with Crippen LogP contribution in [0.5, 0.6) is 0 Å². The topological polar surface area (TPSA) is 21.3 Å². The summed E-state index contributed by atoms with van der Waals surface area (Å²) in [5.74, 6) is 0. The third kappa shape index (κ3) is 2.45. The summed E-state index contributed by atoms with van der Waals surface area (Å²) in [6.07, 6.45) is 2.28. The summed E-state index contributed by atoms with van der Waals surface area (Å²) in [4.78, 5) is 0. The minimum Gasteiger partial charge on any atom is -0.369 e. The molecule has 2 heteroatoms. The molecule has 0 radical (unpaired) electrons. The van der Waals surface area contributed by atoms with E-state index in [0.717, 1.165) is 19.6 Å². The zero-order valence-electron chi connectivity index (χ0n) is 10.2. The quantitative estimate of drug-likeness (QED) is 0.825. The van der Waals surface area contributed by atoms with E-state index in [2.05, 4.69) is 43.4 Å². The van der Waals surface area contributed by atoms with Crippen LogP contribution in [-0.4, -0.2) is 19.2 Å². The van der Waals surface area contributed by atoms with E-state index in [9.17, 15) is 0 Å². The monoisotopic (exact) mass is 219 g/mol. The van der Waals surface area contributed by atoms with Crippen LogP contribution in [0.2, 0.25) is 0 Å². The summed E-state index contributed by atoms with van der Waals surface area (Å²) in [5, 5.41) is 3.60. The Labute approximate surface area is 98.0 Å². The first kappa shape index (κ1) is 11.6. The smallest absolute Gasteiger partial charge is 0.103 e. The highest BCUT2D eigenvalue weighted by atomic mass is 16.5. The number of nitrogens with one attached hydrogen (secondary N) is 1. The van der Waals surface area contributed by atoms with Crippen molar-refractivity contribution in [2.75, 3.05) is 13.2 Å². The summed E-state index contributed by atoms with van der Waals surface area (Å²) in [6, 6.07) is 11.1. The van der Waals surface area contributed by atoms with Gasteiger partial charge >= 0.3 is 0 Å². The Bertz CT molecular complexity index is 325. The maximum Gasteiger partial charge on any atom is 0.103 e. The zero-order valence-corrected chi connectivity index (χ0v) is 10.2. The molecule has 0 amide bonds. The van der Waals surface area contributed by atoms with Crippen LogP contribution in [0.15, 0.2) is 30.3 Å². The summed E-state index contributed by atoms with van der Waals surface area (Å²) < 4.78 is 6.05. The Morgan fingerprint density at radius 2 is 2.12 bits per heavy atom. The third-order valence-electron chi connectivity index (χ3n) is 3.49. The molecule has 1 saturated heterocycles. The average molecular weight is 219 g/mol. The first-order valence-electron chi connectivity index (χ1n) is 6.17. The molecule has 1 aromatic rings. The van der Waals surface area contributed by atoms with Crippen molar-refractivity contribution in [1.82, 2.24) is 5.32 Å². The van der Waals surface area contributed by atoms with Crippen LogP contribution in [-0.2, 0) is 10.3 Å². The number of hydrogen-bond donors (Lipinski definition) is 1. The van der Waals surface area contributed by atoms with Crippen LogP contribution >= 0.6 is 0 Å². The molecular weight excluding hydrogens is 198 g/mol. The summed E-state index contributed by atoms with van der Waals surface area (Å²) >= 11 is 0. The van der Waals surface area contributed by atoms with Crippen LogP contribution in [0.25, 0.3) is 0 Å². The van der Waals surface area contributed by atoms with Crippen molar-refractivity contribution < 1.29 is 4.74 Å². The largest absolute Gasteiger partial charge is 0.369 e. The maximum atomic E-state index is 6.05. The highest BCUT2D eigenvalue weighted by Crippen LogP contribution is 2.27. The molecule has 0 bridgehead atoms. The van der Waals surface area contributed by atoms with Gasteiger partial charge in [0.1, 0.15) is 5.60 Å². The molecule has 2 unspecified atom stereocenters. The first-order chi connectivity index (χ1) is 7.74. The Hall–Kier alpha value is -0.860. The zero-order chi connectivity index (χ0) is 11.4. The Balaban J connectivity index is 2.13. The Kier molecular flexibility index (Phi) is 3.62. The van der Waals surface area contributed by atoms with Crippen LogP contribution in [0.1, 0.15) is 32.3 Å². The fourth-order valence-electron chi connectivity index (χ4n) is 2.24. The lowest BCUT2D eigenvalue weighted by Crippen LogP contribution is -2.38. The van der Waals surface area contributed by atoms with Gasteiger partial charge in [0, 0.05) is 19.2 Å². The van der Waals surface area contributed by atoms with E-state index in [-0.39, 0.29) is 5.60 Å². The lowest BCUT2D eigenvalue weighted by atomic mass is 9.95. The highest BCUT2D eigenvalue weighted by Gasteiger charge is 2.30. The Morgan fingerprint density at radius 3 is 2.81 bits per heavy atom. The molecule has 1 N–H and O–H groups in total. The van der Waals surface area contributed by atoms with Crippen molar-refractivity contribution in [2.45, 2.75) is 38.3 Å². The number of benzene rings is 1. The molecule has 1 aliphatic heterocycles. The molecular formula is C14H21NO. The van der Waals surface area contributed by atoms with Gasteiger partial charge in [-0.15, -0.1) is 0 Å². The van der Waals surface area contributed by atoms with Gasteiger partial charge in [0.25, 0.3) is 0 Å². The normalized spacial score (nSPS) is 31.0. The molecule has 2 rings (SSSR count). The standard InChI is InChI=1S/C14H21NO/c1-3-13-9-10-16-14(2,11-15-13)12-7-5-4-6-8-12/h4-8,13,15H,3,9-11H2,1-2H3. The van der Waals surface area contributed by atoms with Crippen molar-refractivity contribution in [3.8, 4) is 0 Å². The number of ether oxygens (including phenoxy) is 1. The molecule has 88 valence electrons. The van der Waals surface area contributed by atoms with Crippen molar-refractivity contribution >= 4 is 0 Å². The molecule has 16 heavy (non-hydrogen) atoms. The summed E-state index contributed by atoms with van der Waals surface area (Å²) in [7, 11) is 0. The van der Waals surface area contributed by atoms with Crippen molar-refractivity contribution in [3.05, 3.63) is 35.9 Å². The maximum absolute atomic E-state index is 6.05. The minimum absolute atomic E-state index is 0.175. The van der Waals surface area contributed by atoms with Gasteiger partial charge < -0.3 is 10.1 Å². The minimum atomic E-state index is -0.175. The second-order valence-electron chi connectivity index (χ2n) is 4.72. The predicted molar refractivity (Wildman–Crippen MR) is 66.4 cm³/mol. The van der Waals surface area contributed by atoms with Gasteiger partial charge in [0.05, 0.1) is 0 Å². The molecule has 1 aliphatic rings. The van der Waals surface area contributed by atoms with Gasteiger partial charge in [0.2, 0.25) is 0 Å². The van der Waals surface area contributed by atoms with E-state index in [0.29, 0.717) is 6.04 Å². The summed E-state index contributed by atoms with van der Waals surface area (Å²) in [6.45, 7) is 6.14. The average Bonchev–Trinajstić information content (AvgIpc) is 2.53. The van der Waals surface area contributed by atoms with Gasteiger partial charge in [-0.3, -0.25) is 0 Å². The van der Waals surface area contributed by atoms with Crippen molar-refractivity contribution in [1.29, 1.82) is 0 Å². The molecule has 0 aliphatic carbocycles. The number of rotatable bonds is 2. The number of hydrogen-bond acceptors (Lipinski definition) is 2. The lowest BCUT2D eigenvalue weighted by Gasteiger charge is -2.29. The van der Waals surface area contributed by atoms with E-state index in [1.807, 2.05) is 6.07 Å². The second kappa shape index (κ2) is 4.98. The van der Waals surface area contributed by atoms with Gasteiger partial charge in [-0.2, -0.15) is 0 Å². The van der Waals surface area contributed by atoms with Gasteiger partial charge in [0.15, 0.2) is 0 Å². The fraction of sp³-hybridized carbons (Fsp3) is 0.571. The van der Waals surface area contributed by atoms with E-state index in [1.54, 1.807) is 0 Å². The van der Waals surface area contributed by atoms with E-state index < -0.39 is 0 Å². The SMILES string of the molecule is CCC1CCOC(C)(c2ccccc2)CN1. The lowest BCUT2D eigenvalue weighted by molar-refractivity contribution is -0.0231. The second-order valence-corrected chi connectivity index (χ2v) is 4.72. The van der Waals surface area contributed by atoms with Gasteiger partial charge in [-0.05, 0) is 25.3 Å². The molecule has 0 spiro atoms. The fourth-order valence-corrected chi connectivity index (χ4v) is 2.24. The molecule has 1 aromatic carbocycles. The molecule has 1 heterocycles. The van der Waals surface area contributed by atoms with Gasteiger partial charge in [-0.25, -0.2) is 0 Å².